The zero-order valence-electron chi connectivity index (χ0n) is 19.3. The number of nitrogens with one attached hydrogen (secondary N) is 1. The topological polar surface area (TPSA) is 169 Å². The van der Waals surface area contributed by atoms with Crippen molar-refractivity contribution in [1.29, 1.82) is 5.26 Å². The van der Waals surface area contributed by atoms with Crippen LogP contribution in [0, 0.1) is 21.4 Å². The van der Waals surface area contributed by atoms with Crippen LogP contribution in [0.1, 0.15) is 13.3 Å². The van der Waals surface area contributed by atoms with E-state index in [9.17, 15) is 20.2 Å². The van der Waals surface area contributed by atoms with Crippen LogP contribution in [0.2, 0.25) is 10.0 Å². The summed E-state index contributed by atoms with van der Waals surface area (Å²) in [4.78, 5) is 27.7. The number of nitrogens with zero attached hydrogens (tertiary/aromatic N) is 5. The molecule has 11 nitrogen and oxygen atoms in total. The predicted molar refractivity (Wildman–Crippen MR) is 140 cm³/mol. The van der Waals surface area contributed by atoms with Crippen LogP contribution in [0.25, 0.3) is 11.1 Å². The first kappa shape index (κ1) is 26.6. The fourth-order valence-corrected chi connectivity index (χ4v) is 4.15. The molecule has 3 rings (SSSR count). The van der Waals surface area contributed by atoms with Crippen molar-refractivity contribution < 1.29 is 9.72 Å². The number of nitrogen functional groups attached to an aromatic ring is 1. The molecule has 1 atom stereocenters. The first-order valence-corrected chi connectivity index (χ1v) is 11.6. The molecule has 2 aromatic heterocycles. The Hall–Kier alpha value is -4.01. The molecule has 0 bridgehead atoms. The van der Waals surface area contributed by atoms with Gasteiger partial charge in [-0.15, -0.1) is 0 Å². The first-order valence-electron chi connectivity index (χ1n) is 10.8. The van der Waals surface area contributed by atoms with Crippen molar-refractivity contribution in [2.45, 2.75) is 25.9 Å². The van der Waals surface area contributed by atoms with E-state index in [4.69, 9.17) is 34.7 Å². The average molecular weight is 531 g/mol. The van der Waals surface area contributed by atoms with Crippen LogP contribution >= 0.6 is 23.2 Å². The Morgan fingerprint density at radius 2 is 2.06 bits per heavy atom. The Morgan fingerprint density at radius 1 is 1.31 bits per heavy atom. The summed E-state index contributed by atoms with van der Waals surface area (Å²) in [6, 6.07) is 9.43. The molecule has 36 heavy (non-hydrogen) atoms. The number of hydrogen-bond acceptors (Lipinski definition) is 8. The van der Waals surface area contributed by atoms with E-state index >= 15 is 0 Å². The Labute approximate surface area is 217 Å². The molecular formula is C23H24Cl2N8O3. The Morgan fingerprint density at radius 3 is 2.67 bits per heavy atom. The van der Waals surface area contributed by atoms with Gasteiger partial charge in [-0.2, -0.15) is 5.26 Å². The Bertz CT molecular complexity index is 1320. The van der Waals surface area contributed by atoms with Crippen LogP contribution in [0.4, 0.5) is 23.0 Å². The van der Waals surface area contributed by atoms with E-state index in [-0.39, 0.29) is 18.1 Å². The molecule has 1 aromatic carbocycles. The molecule has 0 aliphatic heterocycles. The van der Waals surface area contributed by atoms with E-state index in [0.29, 0.717) is 46.6 Å². The number of carbonyl (C=O) groups excluding carboxylic acids is 1. The highest BCUT2D eigenvalue weighted by Gasteiger charge is 2.23. The number of halogens is 2. The molecule has 0 aliphatic carbocycles. The van der Waals surface area contributed by atoms with Crippen molar-refractivity contribution >= 4 is 52.1 Å². The second kappa shape index (κ2) is 11.6. The number of nitrogens with two attached hydrogens (primary N) is 2. The minimum absolute atomic E-state index is 0.147. The van der Waals surface area contributed by atoms with Gasteiger partial charge in [-0.1, -0.05) is 29.3 Å². The highest BCUT2D eigenvalue weighted by atomic mass is 35.5. The van der Waals surface area contributed by atoms with Gasteiger partial charge in [-0.05, 0) is 31.5 Å². The van der Waals surface area contributed by atoms with Crippen molar-refractivity contribution in [1.82, 2.24) is 9.55 Å². The van der Waals surface area contributed by atoms with Crippen LogP contribution in [-0.4, -0.2) is 39.5 Å². The van der Waals surface area contributed by atoms with Gasteiger partial charge in [-0.25, -0.2) is 4.98 Å². The molecule has 0 aliphatic rings. The number of amides is 1. The van der Waals surface area contributed by atoms with Crippen LogP contribution < -0.4 is 21.7 Å². The van der Waals surface area contributed by atoms with Gasteiger partial charge >= 0.3 is 5.69 Å². The summed E-state index contributed by atoms with van der Waals surface area (Å²) in [5, 5.41) is 24.4. The van der Waals surface area contributed by atoms with Gasteiger partial charge in [0.05, 0.1) is 28.2 Å². The molecule has 188 valence electrons. The van der Waals surface area contributed by atoms with Crippen molar-refractivity contribution in [2.75, 3.05) is 29.0 Å². The lowest BCUT2D eigenvalue weighted by Crippen LogP contribution is -2.39. The van der Waals surface area contributed by atoms with Gasteiger partial charge in [0.2, 0.25) is 11.7 Å². The summed E-state index contributed by atoms with van der Waals surface area (Å²) in [6.07, 6.45) is 4.37. The molecule has 0 saturated heterocycles. The summed E-state index contributed by atoms with van der Waals surface area (Å²) in [7, 11) is 0. The number of anilines is 3. The number of nitro groups is 1. The van der Waals surface area contributed by atoms with Gasteiger partial charge in [0.1, 0.15) is 11.9 Å². The molecule has 0 radical (unpaired) electrons. The summed E-state index contributed by atoms with van der Waals surface area (Å²) < 4.78 is 1.92. The maximum atomic E-state index is 11.8. The van der Waals surface area contributed by atoms with Gasteiger partial charge in [0, 0.05) is 47.7 Å². The van der Waals surface area contributed by atoms with Crippen molar-refractivity contribution in [3.63, 3.8) is 0 Å². The fourth-order valence-electron chi connectivity index (χ4n) is 3.64. The molecule has 2 heterocycles. The van der Waals surface area contributed by atoms with E-state index in [1.165, 1.54) is 12.1 Å². The molecule has 0 saturated carbocycles. The van der Waals surface area contributed by atoms with E-state index < -0.39 is 16.9 Å². The fraction of sp³-hybridized carbons (Fsp3) is 0.261. The maximum absolute atomic E-state index is 11.8. The lowest BCUT2D eigenvalue weighted by molar-refractivity contribution is -0.384. The molecule has 5 N–H and O–H groups in total. The largest absolute Gasteiger partial charge is 0.378 e. The molecule has 13 heteroatoms. The number of rotatable bonds is 11. The number of primary amides is 1. The SMILES string of the molecule is CC(C#N)N(CC(N)=O)c1cn(CCCNc2ccc([N+](=O)[O-])c(N)n2)cc1-c1ccc(Cl)cc1Cl. The second-order valence-electron chi connectivity index (χ2n) is 7.96. The highest BCUT2D eigenvalue weighted by Crippen LogP contribution is 2.38. The second-order valence-corrected chi connectivity index (χ2v) is 8.80. The van der Waals surface area contributed by atoms with E-state index in [0.717, 1.165) is 5.56 Å². The summed E-state index contributed by atoms with van der Waals surface area (Å²) >= 11 is 12.5. The lowest BCUT2D eigenvalue weighted by atomic mass is 10.1. The molecule has 3 aromatic rings. The summed E-state index contributed by atoms with van der Waals surface area (Å²) in [5.74, 6) is -0.307. The van der Waals surface area contributed by atoms with Crippen LogP contribution in [0.5, 0.6) is 0 Å². The van der Waals surface area contributed by atoms with Crippen LogP contribution in [0.15, 0.2) is 42.7 Å². The molecule has 0 spiro atoms. The Balaban J connectivity index is 1.83. The van der Waals surface area contributed by atoms with Crippen molar-refractivity contribution in [3.05, 3.63) is 62.9 Å². The summed E-state index contributed by atoms with van der Waals surface area (Å²) in [5.41, 5.74) is 12.9. The van der Waals surface area contributed by atoms with Gasteiger partial charge in [-0.3, -0.25) is 14.9 Å². The minimum Gasteiger partial charge on any atom is -0.378 e. The van der Waals surface area contributed by atoms with Crippen molar-refractivity contribution in [3.8, 4) is 17.2 Å². The number of hydrogen-bond donors (Lipinski definition) is 3. The number of aryl methyl sites for hydroxylation is 1. The third-order valence-corrected chi connectivity index (χ3v) is 5.92. The molecule has 1 unspecified atom stereocenters. The van der Waals surface area contributed by atoms with E-state index in [2.05, 4.69) is 16.4 Å². The zero-order valence-corrected chi connectivity index (χ0v) is 20.8. The predicted octanol–water partition coefficient (Wildman–Crippen LogP) is 4.05. The Kier molecular flexibility index (Phi) is 8.58. The number of carbonyl (C=O) groups is 1. The van der Waals surface area contributed by atoms with E-state index in [1.807, 2.05) is 17.0 Å². The number of benzene rings is 1. The zero-order chi connectivity index (χ0) is 26.4. The molecule has 0 fully saturated rings. The number of aromatic nitrogens is 2. The maximum Gasteiger partial charge on any atom is 0.311 e. The first-order chi connectivity index (χ1) is 17.1. The van der Waals surface area contributed by atoms with Crippen molar-refractivity contribution in [2.24, 2.45) is 5.73 Å². The van der Waals surface area contributed by atoms with Crippen LogP contribution in [-0.2, 0) is 11.3 Å². The third-order valence-electron chi connectivity index (χ3n) is 5.37. The summed E-state index contributed by atoms with van der Waals surface area (Å²) in [6.45, 7) is 2.61. The van der Waals surface area contributed by atoms with Gasteiger partial charge in [0.25, 0.3) is 0 Å². The lowest BCUT2D eigenvalue weighted by Gasteiger charge is -2.26. The standard InChI is InChI=1S/C23H24Cl2N8O3/c1-14(10-26)32(13-21(27)34)20-12-31(11-17(20)16-4-3-15(24)9-18(16)25)8-2-7-29-22-6-5-19(33(35)36)23(28)30-22/h3-6,9,11-12,14H,2,7-8,13H2,1H3,(H2,27,34)(H3,28,29,30). The average Bonchev–Trinajstić information content (AvgIpc) is 3.23. The number of pyridine rings is 1. The molecular weight excluding hydrogens is 507 g/mol. The smallest absolute Gasteiger partial charge is 0.311 e. The third kappa shape index (κ3) is 6.35. The minimum atomic E-state index is -0.626. The highest BCUT2D eigenvalue weighted by molar-refractivity contribution is 6.36. The van der Waals surface area contributed by atoms with Gasteiger partial charge < -0.3 is 26.3 Å². The molecule has 1 amide bonds. The monoisotopic (exact) mass is 530 g/mol. The normalized spacial score (nSPS) is 11.5. The van der Waals surface area contributed by atoms with Crippen LogP contribution in [0.3, 0.4) is 0 Å². The quantitative estimate of drug-likeness (QED) is 0.189. The van der Waals surface area contributed by atoms with E-state index in [1.54, 1.807) is 30.0 Å². The van der Waals surface area contributed by atoms with Gasteiger partial charge in [0.15, 0.2) is 0 Å². The number of nitriles is 1.